The standard InChI is InChI=1S/C59H38N2/c1-3-16-39(17-4-1)40-30-32-42(33-31-40)60(43-34-35-48-47-23-10-14-29-55(47)61(57(48)38-43)41-18-5-2-6-19-41)56-37-36-54-58-49(24-15-25-50(56)58)46-22-9-13-28-53(46)59(54)51-26-11-7-20-44(51)45-21-8-12-27-52(45)59/h1-38H/i15D,24D,25D,36D,37D. The zero-order chi connectivity index (χ0) is 44.4. The van der Waals surface area contributed by atoms with Crippen LogP contribution in [0.25, 0.3) is 71.6 Å². The van der Waals surface area contributed by atoms with Gasteiger partial charge in [-0.05, 0) is 110 Å². The maximum atomic E-state index is 10.5. The fraction of sp³-hybridized carbons (Fsp3) is 0.0169. The lowest BCUT2D eigenvalue weighted by molar-refractivity contribution is 0.773. The average Bonchev–Trinajstić information content (AvgIpc) is 3.86. The third-order valence-electron chi connectivity index (χ3n) is 13.0. The molecule has 0 saturated heterocycles. The minimum atomic E-state index is -1.04. The third kappa shape index (κ3) is 4.73. The summed E-state index contributed by atoms with van der Waals surface area (Å²) in [4.78, 5) is 2.01. The topological polar surface area (TPSA) is 8.17 Å². The largest absolute Gasteiger partial charge is 0.310 e. The van der Waals surface area contributed by atoms with E-state index < -0.39 is 5.41 Å². The Hall–Kier alpha value is -7.94. The van der Waals surface area contributed by atoms with Crippen LogP contribution in [0.3, 0.4) is 0 Å². The molecule has 2 aliphatic rings. The molecule has 1 spiro atoms. The molecule has 2 nitrogen and oxygen atoms in total. The van der Waals surface area contributed by atoms with Gasteiger partial charge < -0.3 is 9.47 Å². The molecule has 0 atom stereocenters. The molecule has 0 N–H and O–H groups in total. The summed E-state index contributed by atoms with van der Waals surface area (Å²) in [5.74, 6) is 0. The van der Waals surface area contributed by atoms with E-state index in [9.17, 15) is 6.85 Å². The Morgan fingerprint density at radius 2 is 0.951 bits per heavy atom. The first-order valence-electron chi connectivity index (χ1n) is 23.3. The zero-order valence-corrected chi connectivity index (χ0v) is 32.9. The van der Waals surface area contributed by atoms with Gasteiger partial charge in [0, 0.05) is 33.2 Å². The summed E-state index contributed by atoms with van der Waals surface area (Å²) in [7, 11) is 0. The minimum Gasteiger partial charge on any atom is -0.310 e. The van der Waals surface area contributed by atoms with Crippen molar-refractivity contribution in [3.8, 4) is 39.1 Å². The van der Waals surface area contributed by atoms with Gasteiger partial charge in [0.1, 0.15) is 0 Å². The van der Waals surface area contributed by atoms with E-state index in [0.717, 1.165) is 83.4 Å². The lowest BCUT2D eigenvalue weighted by atomic mass is 9.61. The van der Waals surface area contributed by atoms with E-state index in [4.69, 9.17) is 0 Å². The van der Waals surface area contributed by atoms with Crippen molar-refractivity contribution in [3.63, 3.8) is 0 Å². The van der Waals surface area contributed by atoms with E-state index in [1.165, 1.54) is 0 Å². The van der Waals surface area contributed by atoms with E-state index in [1.54, 1.807) is 0 Å². The van der Waals surface area contributed by atoms with Crippen molar-refractivity contribution in [2.24, 2.45) is 0 Å². The second-order valence-corrected chi connectivity index (χ2v) is 16.0. The van der Waals surface area contributed by atoms with Gasteiger partial charge in [0.25, 0.3) is 0 Å². The van der Waals surface area contributed by atoms with Crippen LogP contribution in [0.15, 0.2) is 230 Å². The molecule has 0 bridgehead atoms. The minimum absolute atomic E-state index is 0.0154. The Bertz CT molecular complexity index is 3780. The van der Waals surface area contributed by atoms with Gasteiger partial charge in [0.15, 0.2) is 0 Å². The highest BCUT2D eigenvalue weighted by atomic mass is 15.1. The van der Waals surface area contributed by atoms with Crippen LogP contribution in [0.5, 0.6) is 0 Å². The highest BCUT2D eigenvalue weighted by Crippen LogP contribution is 2.62. The molecular formula is C59H38N2. The van der Waals surface area contributed by atoms with Crippen molar-refractivity contribution in [1.29, 1.82) is 0 Å². The Morgan fingerprint density at radius 1 is 0.393 bits per heavy atom. The fourth-order valence-electron chi connectivity index (χ4n) is 10.5. The molecule has 2 aliphatic carbocycles. The first-order chi connectivity index (χ1) is 32.4. The van der Waals surface area contributed by atoms with Crippen molar-refractivity contribution in [2.75, 3.05) is 4.90 Å². The molecule has 11 aromatic rings. The smallest absolute Gasteiger partial charge is 0.0725 e. The number of hydrogen-bond donors (Lipinski definition) is 0. The predicted molar refractivity (Wildman–Crippen MR) is 255 cm³/mol. The quantitative estimate of drug-likeness (QED) is 0.169. The summed E-state index contributed by atoms with van der Waals surface area (Å²) >= 11 is 0. The van der Waals surface area contributed by atoms with Gasteiger partial charge in [-0.2, -0.15) is 0 Å². The summed E-state index contributed by atoms with van der Waals surface area (Å²) in [6.45, 7) is 0. The molecule has 61 heavy (non-hydrogen) atoms. The van der Waals surface area contributed by atoms with Gasteiger partial charge in [-0.3, -0.25) is 0 Å². The van der Waals surface area contributed by atoms with Crippen molar-refractivity contribution in [3.05, 3.63) is 253 Å². The first-order valence-corrected chi connectivity index (χ1v) is 20.8. The molecule has 13 rings (SSSR count). The zero-order valence-electron chi connectivity index (χ0n) is 37.9. The number of hydrogen-bond acceptors (Lipinski definition) is 1. The summed E-state index contributed by atoms with van der Waals surface area (Å²) in [5, 5.41) is 3.10. The van der Waals surface area contributed by atoms with Crippen LogP contribution in [-0.2, 0) is 5.41 Å². The van der Waals surface area contributed by atoms with Crippen LogP contribution in [0.4, 0.5) is 17.1 Å². The predicted octanol–water partition coefficient (Wildman–Crippen LogP) is 15.4. The number of nitrogens with zero attached hydrogens (tertiary/aromatic N) is 2. The number of rotatable bonds is 5. The van der Waals surface area contributed by atoms with E-state index >= 15 is 0 Å². The van der Waals surface area contributed by atoms with Crippen LogP contribution in [0.1, 0.15) is 29.1 Å². The summed E-state index contributed by atoms with van der Waals surface area (Å²) < 4.78 is 52.4. The van der Waals surface area contributed by atoms with Crippen LogP contribution < -0.4 is 4.90 Å². The maximum absolute atomic E-state index is 10.5. The molecule has 1 heterocycles. The molecule has 0 unspecified atom stereocenters. The molecule has 0 fully saturated rings. The Morgan fingerprint density at radius 3 is 1.66 bits per heavy atom. The second kappa shape index (κ2) is 13.0. The van der Waals surface area contributed by atoms with Crippen LogP contribution >= 0.6 is 0 Å². The summed E-state index contributed by atoms with van der Waals surface area (Å²) in [5.41, 5.74) is 12.7. The molecule has 0 saturated carbocycles. The highest BCUT2D eigenvalue weighted by Gasteiger charge is 2.50. The fourth-order valence-corrected chi connectivity index (χ4v) is 10.5. The number of aromatic nitrogens is 1. The third-order valence-corrected chi connectivity index (χ3v) is 13.0. The molecular weight excluding hydrogens is 737 g/mol. The molecule has 0 radical (unpaired) electrons. The maximum Gasteiger partial charge on any atom is 0.0725 e. The monoisotopic (exact) mass is 779 g/mol. The van der Waals surface area contributed by atoms with Crippen LogP contribution in [0.2, 0.25) is 0 Å². The second-order valence-electron chi connectivity index (χ2n) is 16.0. The van der Waals surface area contributed by atoms with Crippen molar-refractivity contribution < 1.29 is 6.85 Å². The molecule has 0 aliphatic heterocycles. The number of benzene rings is 10. The normalized spacial score (nSPS) is 14.2. The van der Waals surface area contributed by atoms with Gasteiger partial charge in [-0.25, -0.2) is 0 Å². The van der Waals surface area contributed by atoms with E-state index in [0.29, 0.717) is 27.6 Å². The Labute approximate surface area is 361 Å². The molecule has 1 aromatic heterocycles. The van der Waals surface area contributed by atoms with Crippen LogP contribution in [0, 0.1) is 0 Å². The van der Waals surface area contributed by atoms with Crippen molar-refractivity contribution in [2.45, 2.75) is 5.41 Å². The van der Waals surface area contributed by atoms with Gasteiger partial charge >= 0.3 is 0 Å². The lowest BCUT2D eigenvalue weighted by Crippen LogP contribution is -2.32. The van der Waals surface area contributed by atoms with Crippen molar-refractivity contribution in [1.82, 2.24) is 4.57 Å². The lowest BCUT2D eigenvalue weighted by Gasteiger charge is -2.40. The Kier molecular flexibility index (Phi) is 6.26. The number of para-hydroxylation sites is 2. The summed E-state index contributed by atoms with van der Waals surface area (Å²) in [6.07, 6.45) is 0. The van der Waals surface area contributed by atoms with E-state index in [1.807, 2.05) is 95.9 Å². The van der Waals surface area contributed by atoms with Gasteiger partial charge in [0.2, 0.25) is 0 Å². The van der Waals surface area contributed by atoms with E-state index in [2.05, 4.69) is 114 Å². The Balaban J connectivity index is 1.18. The van der Waals surface area contributed by atoms with Gasteiger partial charge in [-0.15, -0.1) is 0 Å². The molecule has 0 amide bonds. The number of anilines is 3. The van der Waals surface area contributed by atoms with Gasteiger partial charge in [-0.1, -0.05) is 182 Å². The average molecular weight is 780 g/mol. The first kappa shape index (κ1) is 29.3. The van der Waals surface area contributed by atoms with Gasteiger partial charge in [0.05, 0.1) is 29.0 Å². The highest BCUT2D eigenvalue weighted by molar-refractivity contribution is 6.14. The number of fused-ring (bicyclic) bond motifs is 12. The summed E-state index contributed by atoms with van der Waals surface area (Å²) in [6, 6.07) is 67.7. The molecule has 2 heteroatoms. The SMILES string of the molecule is [2H]c1c([2H])c2c3c(c([2H])c([2H])c(N(c4ccc(-c5ccccc5)cc4)c4ccc5c6ccccc6n(-c6ccccc6)c5c4)c3c1[2H])C1(c3ccccc3-c3ccccc31)c1ccccc1-2. The molecule has 10 aromatic carbocycles. The van der Waals surface area contributed by atoms with Crippen molar-refractivity contribution >= 4 is 49.6 Å². The van der Waals surface area contributed by atoms with Crippen LogP contribution in [-0.4, -0.2) is 4.57 Å². The van der Waals surface area contributed by atoms with E-state index in [-0.39, 0.29) is 30.2 Å². The molecule has 284 valence electrons.